The molecule has 1 atom stereocenters. The minimum absolute atomic E-state index is 0.00441. The van der Waals surface area contributed by atoms with Crippen molar-refractivity contribution in [3.05, 3.63) is 70.8 Å². The molecule has 1 aliphatic rings. The van der Waals surface area contributed by atoms with Crippen LogP contribution in [0.3, 0.4) is 0 Å². The lowest BCUT2D eigenvalue weighted by Crippen LogP contribution is -2.44. The molecule has 0 unspecified atom stereocenters. The highest BCUT2D eigenvalue weighted by atomic mass is 19.4. The van der Waals surface area contributed by atoms with E-state index in [0.717, 1.165) is 37.8 Å². The first-order valence-corrected chi connectivity index (χ1v) is 11.3. The zero-order valence-electron chi connectivity index (χ0n) is 19.3. The van der Waals surface area contributed by atoms with Gasteiger partial charge in [0.1, 0.15) is 0 Å². The van der Waals surface area contributed by atoms with Crippen molar-refractivity contribution in [3.63, 3.8) is 0 Å². The number of hydrogen-bond acceptors (Lipinski definition) is 4. The molecule has 0 aliphatic heterocycles. The molecule has 1 amide bonds. The fraction of sp³-hybridized carbons (Fsp3) is 0.462. The Labute approximate surface area is 197 Å². The van der Waals surface area contributed by atoms with Crippen LogP contribution >= 0.6 is 0 Å². The molecular formula is C26H29F3N2O3. The van der Waals surface area contributed by atoms with Gasteiger partial charge in [0.05, 0.1) is 18.2 Å². The Bertz CT molecular complexity index is 1000. The van der Waals surface area contributed by atoms with E-state index in [9.17, 15) is 23.1 Å². The maximum absolute atomic E-state index is 13.3. The van der Waals surface area contributed by atoms with Crippen molar-refractivity contribution in [2.24, 2.45) is 0 Å². The zero-order valence-corrected chi connectivity index (χ0v) is 19.3. The van der Waals surface area contributed by atoms with Crippen molar-refractivity contribution in [3.8, 4) is 6.07 Å². The lowest BCUT2D eigenvalue weighted by atomic mass is 9.81. The van der Waals surface area contributed by atoms with Crippen LogP contribution in [-0.2, 0) is 10.3 Å². The van der Waals surface area contributed by atoms with Crippen LogP contribution in [0, 0.1) is 11.3 Å². The summed E-state index contributed by atoms with van der Waals surface area (Å²) in [5, 5.41) is 18.9. The van der Waals surface area contributed by atoms with Gasteiger partial charge in [0.25, 0.3) is 5.91 Å². The van der Waals surface area contributed by atoms with E-state index >= 15 is 0 Å². The van der Waals surface area contributed by atoms with Gasteiger partial charge in [0, 0.05) is 25.3 Å². The van der Waals surface area contributed by atoms with Gasteiger partial charge in [-0.3, -0.25) is 4.79 Å². The van der Waals surface area contributed by atoms with Crippen LogP contribution in [0.15, 0.2) is 48.5 Å². The highest BCUT2D eigenvalue weighted by Gasteiger charge is 2.51. The second kappa shape index (κ2) is 10.6. The van der Waals surface area contributed by atoms with Gasteiger partial charge in [0.15, 0.2) is 5.60 Å². The Morgan fingerprint density at radius 3 is 2.18 bits per heavy atom. The highest BCUT2D eigenvalue weighted by Crippen LogP contribution is 2.39. The van der Waals surface area contributed by atoms with E-state index in [2.05, 4.69) is 6.07 Å². The molecule has 1 saturated carbocycles. The largest absolute Gasteiger partial charge is 0.421 e. The predicted molar refractivity (Wildman–Crippen MR) is 121 cm³/mol. The standard InChI is InChI=1S/C26H29F3N2O3/c1-25(33,26(27,28)29)22-11-7-21(8-12-22)24(32)31(15-16-34-2)23-13-9-20(10-14-23)19-5-3-18(17-30)4-6-19/h3-8,11-12,20,23,33H,9-10,13-16H2,1-2H3/t20-,23-,25-/m0/s1. The van der Waals surface area contributed by atoms with Gasteiger partial charge >= 0.3 is 6.18 Å². The maximum Gasteiger partial charge on any atom is 0.421 e. The van der Waals surface area contributed by atoms with Crippen LogP contribution < -0.4 is 0 Å². The third-order valence-corrected chi connectivity index (χ3v) is 6.69. The summed E-state index contributed by atoms with van der Waals surface area (Å²) in [5.41, 5.74) is -1.24. The minimum Gasteiger partial charge on any atom is -0.383 e. The summed E-state index contributed by atoms with van der Waals surface area (Å²) in [6.07, 6.45) is -1.46. The van der Waals surface area contributed by atoms with Crippen molar-refractivity contribution in [1.29, 1.82) is 5.26 Å². The molecule has 0 saturated heterocycles. The van der Waals surface area contributed by atoms with Gasteiger partial charge in [-0.1, -0.05) is 24.3 Å². The average molecular weight is 475 g/mol. The van der Waals surface area contributed by atoms with Crippen LogP contribution in [0.4, 0.5) is 13.2 Å². The van der Waals surface area contributed by atoms with Gasteiger partial charge < -0.3 is 14.7 Å². The van der Waals surface area contributed by atoms with E-state index in [-0.39, 0.29) is 23.1 Å². The lowest BCUT2D eigenvalue weighted by molar-refractivity contribution is -0.258. The van der Waals surface area contributed by atoms with Gasteiger partial charge in [-0.05, 0) is 73.9 Å². The summed E-state index contributed by atoms with van der Waals surface area (Å²) in [5.74, 6) is 0.0873. The number of nitrogens with zero attached hydrogens (tertiary/aromatic N) is 2. The highest BCUT2D eigenvalue weighted by molar-refractivity contribution is 5.94. The molecule has 34 heavy (non-hydrogen) atoms. The van der Waals surface area contributed by atoms with E-state index in [4.69, 9.17) is 10.00 Å². The van der Waals surface area contributed by atoms with Crippen molar-refractivity contribution < 1.29 is 27.8 Å². The molecule has 1 aliphatic carbocycles. The number of hydrogen-bond donors (Lipinski definition) is 1. The molecule has 3 rings (SSSR count). The van der Waals surface area contributed by atoms with Crippen molar-refractivity contribution >= 4 is 5.91 Å². The molecule has 0 heterocycles. The summed E-state index contributed by atoms with van der Waals surface area (Å²) in [6.45, 7) is 1.42. The first kappa shape index (κ1) is 25.7. The Kier molecular flexibility index (Phi) is 8.01. The van der Waals surface area contributed by atoms with E-state index in [1.54, 1.807) is 12.0 Å². The summed E-state index contributed by atoms with van der Waals surface area (Å²) in [4.78, 5) is 15.0. The van der Waals surface area contributed by atoms with Crippen molar-refractivity contribution in [1.82, 2.24) is 4.90 Å². The number of benzene rings is 2. The minimum atomic E-state index is -4.82. The van der Waals surface area contributed by atoms with Crippen LogP contribution in [0.5, 0.6) is 0 Å². The van der Waals surface area contributed by atoms with E-state index in [1.807, 2.05) is 24.3 Å². The smallest absolute Gasteiger partial charge is 0.383 e. The van der Waals surface area contributed by atoms with Crippen LogP contribution in [0.25, 0.3) is 0 Å². The first-order chi connectivity index (χ1) is 16.1. The Morgan fingerprint density at radius 1 is 1.09 bits per heavy atom. The fourth-order valence-electron chi connectivity index (χ4n) is 4.46. The Hall–Kier alpha value is -2.89. The van der Waals surface area contributed by atoms with Crippen LogP contribution in [0.1, 0.15) is 65.6 Å². The van der Waals surface area contributed by atoms with E-state index in [1.165, 1.54) is 17.7 Å². The molecule has 5 nitrogen and oxygen atoms in total. The predicted octanol–water partition coefficient (Wildman–Crippen LogP) is 5.14. The number of carbonyl (C=O) groups excluding carboxylic acids is 1. The van der Waals surface area contributed by atoms with Gasteiger partial charge in [-0.2, -0.15) is 18.4 Å². The van der Waals surface area contributed by atoms with E-state index < -0.39 is 11.8 Å². The number of rotatable bonds is 7. The first-order valence-electron chi connectivity index (χ1n) is 11.3. The topological polar surface area (TPSA) is 73.6 Å². The number of ether oxygens (including phenoxy) is 1. The van der Waals surface area contributed by atoms with Crippen LogP contribution in [0.2, 0.25) is 0 Å². The molecule has 2 aromatic rings. The summed E-state index contributed by atoms with van der Waals surface area (Å²) >= 11 is 0. The molecule has 0 radical (unpaired) electrons. The monoisotopic (exact) mass is 474 g/mol. The molecular weight excluding hydrogens is 445 g/mol. The third-order valence-electron chi connectivity index (χ3n) is 6.69. The molecule has 1 fully saturated rings. The lowest BCUT2D eigenvalue weighted by Gasteiger charge is -2.37. The zero-order chi connectivity index (χ0) is 24.9. The van der Waals surface area contributed by atoms with Gasteiger partial charge in [-0.15, -0.1) is 0 Å². The molecule has 8 heteroatoms. The van der Waals surface area contributed by atoms with Crippen LogP contribution in [-0.4, -0.2) is 48.4 Å². The molecule has 182 valence electrons. The average Bonchev–Trinajstić information content (AvgIpc) is 2.84. The molecule has 0 spiro atoms. The van der Waals surface area contributed by atoms with Gasteiger partial charge in [0.2, 0.25) is 0 Å². The molecule has 0 aromatic heterocycles. The fourth-order valence-corrected chi connectivity index (χ4v) is 4.46. The normalized spacial score (nSPS) is 20.3. The Morgan fingerprint density at radius 2 is 1.68 bits per heavy atom. The van der Waals surface area contributed by atoms with E-state index in [0.29, 0.717) is 31.6 Å². The summed E-state index contributed by atoms with van der Waals surface area (Å²) < 4.78 is 44.6. The second-order valence-electron chi connectivity index (χ2n) is 8.88. The summed E-state index contributed by atoms with van der Waals surface area (Å²) in [7, 11) is 1.55. The molecule has 2 aromatic carbocycles. The van der Waals surface area contributed by atoms with Gasteiger partial charge in [-0.25, -0.2) is 0 Å². The second-order valence-corrected chi connectivity index (χ2v) is 8.88. The number of alkyl halides is 3. The number of amides is 1. The summed E-state index contributed by atoms with van der Waals surface area (Å²) in [6, 6.07) is 14.7. The van der Waals surface area contributed by atoms with Crippen molar-refractivity contribution in [2.75, 3.05) is 20.3 Å². The number of halogens is 3. The number of methoxy groups -OCH3 is 1. The third kappa shape index (κ3) is 5.60. The molecule has 1 N–H and O–H groups in total. The van der Waals surface area contributed by atoms with Crippen molar-refractivity contribution in [2.45, 2.75) is 56.3 Å². The SMILES string of the molecule is COCCN(C(=O)c1ccc([C@](C)(O)C(F)(F)F)cc1)[C@H]1CC[C@H](c2ccc(C#N)cc2)CC1. The Balaban J connectivity index is 1.72. The maximum atomic E-state index is 13.3. The quantitative estimate of drug-likeness (QED) is 0.603. The number of carbonyl (C=O) groups is 1. The number of nitriles is 1. The molecule has 0 bridgehead atoms. The number of aliphatic hydroxyl groups is 1.